The van der Waals surface area contributed by atoms with Crippen LogP contribution in [0.5, 0.6) is 0 Å². The molecule has 0 N–H and O–H groups in total. The molecule has 0 fully saturated rings. The van der Waals surface area contributed by atoms with Gasteiger partial charge in [0.1, 0.15) is 11.6 Å². The molecule has 0 aliphatic carbocycles. The maximum absolute atomic E-state index is 10.8. The minimum atomic E-state index is -0.466. The molecular weight excluding hydrogens is 140 g/mol. The van der Waals surface area contributed by atoms with Crippen molar-refractivity contribution in [1.82, 2.24) is 0 Å². The second-order valence-electron chi connectivity index (χ2n) is 3.32. The predicted molar refractivity (Wildman–Crippen MR) is 46.5 cm³/mol. The largest absolute Gasteiger partial charge is 0.300 e. The summed E-state index contributed by atoms with van der Waals surface area (Å²) in [5, 5.41) is 0. The molecule has 2 nitrogen and oxygen atoms in total. The molecule has 0 unspecified atom stereocenters. The van der Waals surface area contributed by atoms with Crippen molar-refractivity contribution in [1.29, 1.82) is 0 Å². The zero-order chi connectivity index (χ0) is 10.4. The van der Waals surface area contributed by atoms with Gasteiger partial charge in [0.25, 0.3) is 0 Å². The van der Waals surface area contributed by atoms with Gasteiger partial charge in [-0.1, -0.05) is 21.3 Å². The smallest absolute Gasteiger partial charge is 0.135 e. The molecular formula is C9H18O2. The maximum Gasteiger partial charge on any atom is 0.135 e. The van der Waals surface area contributed by atoms with E-state index in [9.17, 15) is 9.59 Å². The van der Waals surface area contributed by atoms with E-state index in [0.717, 1.165) is 0 Å². The van der Waals surface area contributed by atoms with E-state index in [1.54, 1.807) is 13.8 Å². The molecule has 0 radical (unpaired) electrons. The maximum atomic E-state index is 10.8. The summed E-state index contributed by atoms with van der Waals surface area (Å²) in [4.78, 5) is 21.5. The van der Waals surface area contributed by atoms with Crippen molar-refractivity contribution in [2.75, 3.05) is 0 Å². The Hall–Kier alpha value is -0.660. The highest BCUT2D eigenvalue weighted by Gasteiger charge is 2.24. The Balaban J connectivity index is 0. The third-order valence-corrected chi connectivity index (χ3v) is 1.64. The summed E-state index contributed by atoms with van der Waals surface area (Å²) in [6.45, 7) is 6.60. The van der Waals surface area contributed by atoms with Crippen molar-refractivity contribution in [3.8, 4) is 0 Å². The molecule has 66 valence electrons. The average Bonchev–Trinajstić information content (AvgIpc) is 1.89. The minimum Gasteiger partial charge on any atom is -0.300 e. The molecule has 0 spiro atoms. The lowest BCUT2D eigenvalue weighted by molar-refractivity contribution is -0.130. The van der Waals surface area contributed by atoms with E-state index in [1.807, 2.05) is 0 Å². The fraction of sp³-hybridized carbons (Fsp3) is 0.778. The van der Waals surface area contributed by atoms with Crippen LogP contribution in [0, 0.1) is 5.41 Å². The Morgan fingerprint density at radius 2 is 1.73 bits per heavy atom. The lowest BCUT2D eigenvalue weighted by atomic mass is 9.84. The van der Waals surface area contributed by atoms with E-state index in [2.05, 4.69) is 0 Å². The van der Waals surface area contributed by atoms with E-state index >= 15 is 0 Å². The minimum absolute atomic E-state index is 0.0696. The zero-order valence-electron chi connectivity index (χ0n) is 9.02. The lowest BCUT2D eigenvalue weighted by Crippen LogP contribution is -2.23. The van der Waals surface area contributed by atoms with Crippen LogP contribution in [0.4, 0.5) is 0 Å². The molecule has 0 aromatic rings. The van der Waals surface area contributed by atoms with E-state index in [1.165, 1.54) is 21.3 Å². The van der Waals surface area contributed by atoms with Gasteiger partial charge in [0, 0.05) is 13.2 Å². The molecule has 0 aliphatic heterocycles. The number of carbonyl (C=O) groups is 2. The number of hydrogen-bond acceptors (Lipinski definition) is 2. The second kappa shape index (κ2) is 4.27. The van der Waals surface area contributed by atoms with Crippen LogP contribution in [0.1, 0.15) is 42.9 Å². The summed E-state index contributed by atoms with van der Waals surface area (Å²) >= 11 is 0. The number of carbonyl (C=O) groups excluding carboxylic acids is 2. The van der Waals surface area contributed by atoms with Crippen molar-refractivity contribution in [2.45, 2.75) is 41.5 Å². The summed E-state index contributed by atoms with van der Waals surface area (Å²) in [6.07, 6.45) is 0.350. The van der Waals surface area contributed by atoms with Crippen molar-refractivity contribution in [3.63, 3.8) is 0 Å². The third-order valence-electron chi connectivity index (χ3n) is 1.64. The monoisotopic (exact) mass is 160 g/mol. The summed E-state index contributed by atoms with van der Waals surface area (Å²) in [6, 6.07) is 0. The molecule has 0 aliphatic rings. The fourth-order valence-corrected chi connectivity index (χ4v) is 0.747. The fourth-order valence-electron chi connectivity index (χ4n) is 0.747. The first-order valence-electron chi connectivity index (χ1n) is 4.37. The van der Waals surface area contributed by atoms with Gasteiger partial charge in [0.2, 0.25) is 0 Å². The van der Waals surface area contributed by atoms with Gasteiger partial charge in [-0.2, -0.15) is 0 Å². The van der Waals surface area contributed by atoms with Crippen molar-refractivity contribution >= 4 is 11.6 Å². The highest BCUT2D eigenvalue weighted by Crippen LogP contribution is 2.21. The van der Waals surface area contributed by atoms with Crippen LogP contribution in [-0.4, -0.2) is 11.6 Å². The SMILES string of the molecule is CC(=O)CC(C)(C)C(C)=O.[3H]C. The number of rotatable bonds is 3. The first kappa shape index (κ1) is 10.3. The van der Waals surface area contributed by atoms with Crippen LogP contribution in [-0.2, 0) is 9.59 Å². The summed E-state index contributed by atoms with van der Waals surface area (Å²) in [5.41, 5.74) is -0.466. The van der Waals surface area contributed by atoms with E-state index in [4.69, 9.17) is 1.37 Å². The Labute approximate surface area is 70.4 Å². The first-order chi connectivity index (χ1) is 5.36. The Kier molecular flexibility index (Phi) is 4.01. The predicted octanol–water partition coefficient (Wildman–Crippen LogP) is 2.22. The summed E-state index contributed by atoms with van der Waals surface area (Å²) < 4.78 is 5.75. The average molecular weight is 160 g/mol. The van der Waals surface area contributed by atoms with Crippen LogP contribution >= 0.6 is 0 Å². The number of ketones is 2. The summed E-state index contributed by atoms with van der Waals surface area (Å²) in [5.74, 6) is 0.142. The van der Waals surface area contributed by atoms with E-state index < -0.39 is 5.41 Å². The Morgan fingerprint density at radius 3 is 1.82 bits per heavy atom. The summed E-state index contributed by atoms with van der Waals surface area (Å²) in [7, 11) is 1.25. The van der Waals surface area contributed by atoms with Gasteiger partial charge in [-0.3, -0.25) is 9.59 Å². The van der Waals surface area contributed by atoms with Gasteiger partial charge in [-0.15, -0.1) is 0 Å². The topological polar surface area (TPSA) is 34.1 Å². The van der Waals surface area contributed by atoms with Gasteiger partial charge in [-0.05, 0) is 13.8 Å². The molecule has 0 rings (SSSR count). The Bertz CT molecular complexity index is 162. The van der Waals surface area contributed by atoms with E-state index in [-0.39, 0.29) is 11.6 Å². The van der Waals surface area contributed by atoms with Gasteiger partial charge in [0.15, 0.2) is 0 Å². The van der Waals surface area contributed by atoms with Crippen LogP contribution < -0.4 is 0 Å². The van der Waals surface area contributed by atoms with Gasteiger partial charge in [0.05, 0.1) is 0 Å². The van der Waals surface area contributed by atoms with Crippen molar-refractivity contribution in [2.24, 2.45) is 5.41 Å². The molecule has 11 heavy (non-hydrogen) atoms. The highest BCUT2D eigenvalue weighted by atomic mass is 16.1. The van der Waals surface area contributed by atoms with Crippen molar-refractivity contribution < 1.29 is 11.0 Å². The molecule has 2 heteroatoms. The van der Waals surface area contributed by atoms with Gasteiger partial charge < -0.3 is 0 Å². The van der Waals surface area contributed by atoms with Crippen LogP contribution in [0.25, 0.3) is 0 Å². The zero-order valence-corrected chi connectivity index (χ0v) is 8.02. The molecule has 0 amide bonds. The quantitative estimate of drug-likeness (QED) is 0.634. The second-order valence-corrected chi connectivity index (χ2v) is 3.32. The van der Waals surface area contributed by atoms with Crippen LogP contribution in [0.15, 0.2) is 0 Å². The molecule has 0 aromatic carbocycles. The van der Waals surface area contributed by atoms with Crippen LogP contribution in [0.2, 0.25) is 0 Å². The standard InChI is InChI=1S/C8H14O2.CH4/c1-6(9)5-8(3,4)7(2)10;/h5H2,1-4H3;1H4/i;1T. The number of hydrogen-bond donors (Lipinski definition) is 0. The highest BCUT2D eigenvalue weighted by molar-refractivity contribution is 5.87. The molecule has 0 saturated carbocycles. The molecule has 0 atom stereocenters. The molecule has 0 saturated heterocycles. The van der Waals surface area contributed by atoms with Gasteiger partial charge >= 0.3 is 0 Å². The normalized spacial score (nSPS) is 10.8. The third kappa shape index (κ3) is 4.71. The molecule has 0 bridgehead atoms. The lowest BCUT2D eigenvalue weighted by Gasteiger charge is -2.18. The first-order valence-corrected chi connectivity index (χ1v) is 3.37. The van der Waals surface area contributed by atoms with Crippen LogP contribution in [0.3, 0.4) is 0 Å². The van der Waals surface area contributed by atoms with E-state index in [0.29, 0.717) is 6.42 Å². The Morgan fingerprint density at radius 1 is 1.36 bits per heavy atom. The molecule has 0 aromatic heterocycles. The molecule has 0 heterocycles. The van der Waals surface area contributed by atoms with Crippen molar-refractivity contribution in [3.05, 3.63) is 0 Å². The van der Waals surface area contributed by atoms with Gasteiger partial charge in [-0.25, -0.2) is 0 Å². The number of Topliss-reactive ketones (excluding diaryl/α,β-unsaturated/α-hetero) is 2.